The van der Waals surface area contributed by atoms with Gasteiger partial charge in [-0.25, -0.2) is 0 Å². The van der Waals surface area contributed by atoms with Crippen molar-refractivity contribution in [3.8, 4) is 0 Å². The zero-order valence-corrected chi connectivity index (χ0v) is 8.09. The van der Waals surface area contributed by atoms with Crippen LogP contribution in [0.25, 0.3) is 0 Å². The number of aliphatic hydroxyl groups is 1. The first-order valence-corrected chi connectivity index (χ1v) is 4.43. The zero-order valence-electron chi connectivity index (χ0n) is 8.09. The topological polar surface area (TPSA) is 32.3 Å². The molecular formula is C9H21NO. The third-order valence-corrected chi connectivity index (χ3v) is 1.67. The fraction of sp³-hybridized carbons (Fsp3) is 1.00. The summed E-state index contributed by atoms with van der Waals surface area (Å²) >= 11 is 0. The zero-order chi connectivity index (χ0) is 8.85. The molecule has 2 nitrogen and oxygen atoms in total. The average Bonchev–Trinajstić information content (AvgIpc) is 1.85. The third-order valence-electron chi connectivity index (χ3n) is 1.67. The Balaban J connectivity index is 3.43. The fourth-order valence-corrected chi connectivity index (χ4v) is 1.31. The van der Waals surface area contributed by atoms with Crippen molar-refractivity contribution in [3.05, 3.63) is 0 Å². The maximum Gasteiger partial charge on any atom is 0.0582 e. The van der Waals surface area contributed by atoms with E-state index >= 15 is 0 Å². The predicted molar refractivity (Wildman–Crippen MR) is 48.6 cm³/mol. The van der Waals surface area contributed by atoms with Gasteiger partial charge in [0.25, 0.3) is 0 Å². The largest absolute Gasteiger partial charge is 0.395 e. The lowest BCUT2D eigenvalue weighted by molar-refractivity contribution is 0.237. The monoisotopic (exact) mass is 159 g/mol. The first-order valence-electron chi connectivity index (χ1n) is 4.43. The summed E-state index contributed by atoms with van der Waals surface area (Å²) < 4.78 is 0. The lowest BCUT2D eigenvalue weighted by Crippen LogP contribution is -2.37. The van der Waals surface area contributed by atoms with Crippen molar-refractivity contribution in [3.63, 3.8) is 0 Å². The van der Waals surface area contributed by atoms with Gasteiger partial charge in [-0.15, -0.1) is 0 Å². The molecule has 0 aromatic heterocycles. The van der Waals surface area contributed by atoms with E-state index < -0.39 is 0 Å². The van der Waals surface area contributed by atoms with E-state index in [1.807, 2.05) is 6.92 Å². The van der Waals surface area contributed by atoms with E-state index in [2.05, 4.69) is 26.1 Å². The lowest BCUT2D eigenvalue weighted by atomic mass is 10.0. The van der Waals surface area contributed by atoms with E-state index in [4.69, 9.17) is 5.11 Å². The molecule has 0 saturated carbocycles. The molecule has 0 aliphatic rings. The Hall–Kier alpha value is -0.0800. The fourth-order valence-electron chi connectivity index (χ4n) is 1.31. The summed E-state index contributed by atoms with van der Waals surface area (Å²) in [5.74, 6) is 0.725. The predicted octanol–water partition coefficient (Wildman–Crippen LogP) is 1.39. The van der Waals surface area contributed by atoms with Crippen LogP contribution < -0.4 is 5.32 Å². The first-order chi connectivity index (χ1) is 5.06. The molecule has 2 heteroatoms. The van der Waals surface area contributed by atoms with Crippen LogP contribution in [0.3, 0.4) is 0 Å². The number of nitrogens with one attached hydrogen (secondary N) is 1. The number of hydrogen-bond donors (Lipinski definition) is 2. The van der Waals surface area contributed by atoms with Gasteiger partial charge in [0.2, 0.25) is 0 Å². The molecule has 0 aromatic rings. The highest BCUT2D eigenvalue weighted by molar-refractivity contribution is 4.67. The van der Waals surface area contributed by atoms with Crippen molar-refractivity contribution >= 4 is 0 Å². The Kier molecular flexibility index (Phi) is 5.51. The van der Waals surface area contributed by atoms with Gasteiger partial charge >= 0.3 is 0 Å². The molecule has 0 aromatic carbocycles. The summed E-state index contributed by atoms with van der Waals surface area (Å²) in [6.45, 7) is 8.80. The van der Waals surface area contributed by atoms with Gasteiger partial charge in [0.05, 0.1) is 6.61 Å². The van der Waals surface area contributed by atoms with E-state index in [0.29, 0.717) is 6.04 Å². The first kappa shape index (κ1) is 10.9. The lowest BCUT2D eigenvalue weighted by Gasteiger charge is -2.19. The van der Waals surface area contributed by atoms with Crippen LogP contribution in [0.2, 0.25) is 0 Å². The van der Waals surface area contributed by atoms with E-state index in [-0.39, 0.29) is 12.6 Å². The second-order valence-electron chi connectivity index (χ2n) is 3.78. The second kappa shape index (κ2) is 5.56. The van der Waals surface area contributed by atoms with Crippen LogP contribution in [0.5, 0.6) is 0 Å². The Morgan fingerprint density at radius 3 is 2.00 bits per heavy atom. The molecule has 0 heterocycles. The summed E-state index contributed by atoms with van der Waals surface area (Å²) in [6, 6.07) is 0.737. The van der Waals surface area contributed by atoms with Gasteiger partial charge in [-0.2, -0.15) is 0 Å². The highest BCUT2D eigenvalue weighted by Crippen LogP contribution is 2.04. The molecule has 0 rings (SSSR count). The summed E-state index contributed by atoms with van der Waals surface area (Å²) in [5, 5.41) is 12.1. The summed E-state index contributed by atoms with van der Waals surface area (Å²) in [5.41, 5.74) is 0. The SMILES string of the molecule is CC(C)C[C@@H](C)N[C@H](C)CO. The Bertz CT molecular complexity index is 93.6. The molecule has 2 N–H and O–H groups in total. The molecule has 0 fully saturated rings. The van der Waals surface area contributed by atoms with Crippen LogP contribution in [0.4, 0.5) is 0 Å². The summed E-state index contributed by atoms with van der Waals surface area (Å²) in [7, 11) is 0. The summed E-state index contributed by atoms with van der Waals surface area (Å²) in [6.07, 6.45) is 1.17. The Morgan fingerprint density at radius 1 is 1.09 bits per heavy atom. The van der Waals surface area contributed by atoms with Gasteiger partial charge in [0.15, 0.2) is 0 Å². The van der Waals surface area contributed by atoms with Gasteiger partial charge in [0, 0.05) is 12.1 Å². The molecule has 68 valence electrons. The van der Waals surface area contributed by atoms with E-state index in [1.165, 1.54) is 6.42 Å². The quantitative estimate of drug-likeness (QED) is 0.635. The van der Waals surface area contributed by atoms with Crippen molar-refractivity contribution in [2.75, 3.05) is 6.61 Å². The second-order valence-corrected chi connectivity index (χ2v) is 3.78. The molecule has 0 aliphatic carbocycles. The Labute approximate surface area is 70.0 Å². The van der Waals surface area contributed by atoms with Gasteiger partial charge in [0.1, 0.15) is 0 Å². The average molecular weight is 159 g/mol. The molecule has 0 spiro atoms. The minimum atomic E-state index is 0.225. The molecular weight excluding hydrogens is 138 g/mol. The van der Waals surface area contributed by atoms with Crippen molar-refractivity contribution in [1.29, 1.82) is 0 Å². The standard InChI is InChI=1S/C9H21NO/c1-7(2)5-8(3)10-9(4)6-11/h7-11H,5-6H2,1-4H3/t8-,9-/m1/s1. The molecule has 0 bridgehead atoms. The van der Waals surface area contributed by atoms with Crippen LogP contribution in [0, 0.1) is 5.92 Å². The van der Waals surface area contributed by atoms with Crippen LogP contribution in [0.15, 0.2) is 0 Å². The summed E-state index contributed by atoms with van der Waals surface area (Å²) in [4.78, 5) is 0. The third kappa shape index (κ3) is 6.32. The van der Waals surface area contributed by atoms with Crippen molar-refractivity contribution in [2.24, 2.45) is 5.92 Å². The minimum Gasteiger partial charge on any atom is -0.395 e. The maximum absolute atomic E-state index is 8.76. The molecule has 2 atom stereocenters. The van der Waals surface area contributed by atoms with E-state index in [0.717, 1.165) is 5.92 Å². The molecule has 11 heavy (non-hydrogen) atoms. The van der Waals surface area contributed by atoms with E-state index in [9.17, 15) is 0 Å². The van der Waals surface area contributed by atoms with Crippen LogP contribution >= 0.6 is 0 Å². The van der Waals surface area contributed by atoms with Crippen LogP contribution in [0.1, 0.15) is 34.1 Å². The highest BCUT2D eigenvalue weighted by Gasteiger charge is 2.07. The molecule has 0 aliphatic heterocycles. The molecule has 0 radical (unpaired) electrons. The van der Waals surface area contributed by atoms with Gasteiger partial charge in [-0.1, -0.05) is 13.8 Å². The highest BCUT2D eigenvalue weighted by atomic mass is 16.3. The van der Waals surface area contributed by atoms with Crippen molar-refractivity contribution in [1.82, 2.24) is 5.32 Å². The molecule has 0 amide bonds. The van der Waals surface area contributed by atoms with Gasteiger partial charge in [-0.05, 0) is 26.2 Å². The van der Waals surface area contributed by atoms with Gasteiger partial charge in [-0.3, -0.25) is 0 Å². The van der Waals surface area contributed by atoms with Crippen molar-refractivity contribution in [2.45, 2.75) is 46.2 Å². The molecule has 0 saturated heterocycles. The normalized spacial score (nSPS) is 16.9. The number of hydrogen-bond acceptors (Lipinski definition) is 2. The van der Waals surface area contributed by atoms with Crippen LogP contribution in [-0.4, -0.2) is 23.8 Å². The van der Waals surface area contributed by atoms with Crippen molar-refractivity contribution < 1.29 is 5.11 Å². The maximum atomic E-state index is 8.76. The van der Waals surface area contributed by atoms with Crippen LogP contribution in [-0.2, 0) is 0 Å². The smallest absolute Gasteiger partial charge is 0.0582 e. The van der Waals surface area contributed by atoms with Gasteiger partial charge < -0.3 is 10.4 Å². The Morgan fingerprint density at radius 2 is 1.64 bits per heavy atom. The minimum absolute atomic E-state index is 0.225. The van der Waals surface area contributed by atoms with E-state index in [1.54, 1.807) is 0 Å². The number of rotatable bonds is 5. The number of aliphatic hydroxyl groups excluding tert-OH is 1. The molecule has 0 unspecified atom stereocenters.